The molecule has 0 bridgehead atoms. The number of hydrogen-bond donors (Lipinski definition) is 1. The predicted molar refractivity (Wildman–Crippen MR) is 129 cm³/mol. The Morgan fingerprint density at radius 2 is 1.44 bits per heavy atom. The number of carbonyl (C=O) groups is 1. The van der Waals surface area contributed by atoms with Gasteiger partial charge in [0.2, 0.25) is 25.1 Å². The first-order chi connectivity index (χ1) is 17.3. The van der Waals surface area contributed by atoms with Crippen molar-refractivity contribution in [3.8, 4) is 45.6 Å². The highest BCUT2D eigenvalue weighted by Crippen LogP contribution is 2.60. The van der Waals surface area contributed by atoms with Gasteiger partial charge in [-0.2, -0.15) is 0 Å². The number of fused-ring (bicyclic) bond motifs is 5. The van der Waals surface area contributed by atoms with Gasteiger partial charge in [-0.25, -0.2) is 4.79 Å². The molecule has 36 heavy (non-hydrogen) atoms. The minimum absolute atomic E-state index is 0.0242. The minimum atomic E-state index is -0.939. The van der Waals surface area contributed by atoms with Crippen LogP contribution in [0.1, 0.15) is 51.0 Å². The third-order valence-corrected chi connectivity index (χ3v) is 7.38. The van der Waals surface area contributed by atoms with Gasteiger partial charge in [-0.1, -0.05) is 19.9 Å². The van der Waals surface area contributed by atoms with Crippen LogP contribution in [-0.2, 0) is 9.53 Å². The monoisotopic (exact) mass is 498 g/mol. The Bertz CT molecular complexity index is 1250. The molecule has 0 amide bonds. The standard InChI is InChI=1S/C27H30O9/c1-7-12(2)27(29)36-22-14(4)13(3)21(28)15-8-17-23(34-10-32-17)25(30-5)19(15)20-16(22)9-18-24(26(20)31-6)35-11-33-18/h7-9,13-14,21-22,28H,10-11H2,1-6H3/b12-7-/t13-,14+,21-,22-/m1/s1. The normalized spacial score (nSPS) is 23.8. The molecule has 2 aromatic carbocycles. The Hall–Kier alpha value is -3.59. The molecule has 2 aliphatic heterocycles. The first-order valence-corrected chi connectivity index (χ1v) is 11.9. The molecule has 0 fully saturated rings. The molecule has 0 aromatic heterocycles. The van der Waals surface area contributed by atoms with Crippen molar-refractivity contribution in [2.45, 2.75) is 39.9 Å². The van der Waals surface area contributed by atoms with Gasteiger partial charge in [-0.05, 0) is 37.5 Å². The molecule has 4 atom stereocenters. The summed E-state index contributed by atoms with van der Waals surface area (Å²) in [6.45, 7) is 7.42. The molecule has 0 unspecified atom stereocenters. The number of benzene rings is 2. The minimum Gasteiger partial charge on any atom is -0.492 e. The zero-order chi connectivity index (χ0) is 25.7. The van der Waals surface area contributed by atoms with Crippen molar-refractivity contribution in [3.63, 3.8) is 0 Å². The van der Waals surface area contributed by atoms with Gasteiger partial charge >= 0.3 is 5.97 Å². The maximum Gasteiger partial charge on any atom is 0.333 e. The summed E-state index contributed by atoms with van der Waals surface area (Å²) in [7, 11) is 3.06. The molecule has 0 saturated heterocycles. The lowest BCUT2D eigenvalue weighted by Crippen LogP contribution is -2.29. The van der Waals surface area contributed by atoms with Crippen LogP contribution in [-0.4, -0.2) is 38.9 Å². The van der Waals surface area contributed by atoms with E-state index in [0.717, 1.165) is 0 Å². The summed E-state index contributed by atoms with van der Waals surface area (Å²) in [4.78, 5) is 13.0. The number of esters is 1. The molecule has 9 heteroatoms. The largest absolute Gasteiger partial charge is 0.492 e. The number of aliphatic hydroxyl groups is 1. The topological polar surface area (TPSA) is 102 Å². The summed E-state index contributed by atoms with van der Waals surface area (Å²) in [5.74, 6) is 1.53. The summed E-state index contributed by atoms with van der Waals surface area (Å²) < 4.78 is 40.7. The van der Waals surface area contributed by atoms with E-state index in [0.29, 0.717) is 62.3 Å². The van der Waals surface area contributed by atoms with Gasteiger partial charge in [-0.3, -0.25) is 0 Å². The first kappa shape index (κ1) is 24.1. The van der Waals surface area contributed by atoms with E-state index in [1.54, 1.807) is 26.0 Å². The average Bonchev–Trinajstić information content (AvgIpc) is 3.56. The Labute approximate surface area is 209 Å². The lowest BCUT2D eigenvalue weighted by atomic mass is 9.74. The molecule has 2 heterocycles. The first-order valence-electron chi connectivity index (χ1n) is 11.9. The second kappa shape index (κ2) is 9.13. The Morgan fingerprint density at radius 1 is 0.917 bits per heavy atom. The number of carbonyl (C=O) groups excluding carboxylic acids is 1. The zero-order valence-corrected chi connectivity index (χ0v) is 21.2. The van der Waals surface area contributed by atoms with Crippen LogP contribution in [0.4, 0.5) is 0 Å². The van der Waals surface area contributed by atoms with Gasteiger partial charge in [0.1, 0.15) is 6.10 Å². The fourth-order valence-corrected chi connectivity index (χ4v) is 5.05. The predicted octanol–water partition coefficient (Wildman–Crippen LogP) is 4.70. The summed E-state index contributed by atoms with van der Waals surface area (Å²) in [6, 6.07) is 3.59. The van der Waals surface area contributed by atoms with E-state index < -0.39 is 18.2 Å². The molecule has 192 valence electrons. The van der Waals surface area contributed by atoms with E-state index in [2.05, 4.69) is 0 Å². The number of rotatable bonds is 4. The lowest BCUT2D eigenvalue weighted by Gasteiger charge is -2.37. The SMILES string of the molecule is C/C=C(/C)C(=O)O[C@H]1c2cc3c(c(OC)c2-c2c(cc4c(c2OC)OCO4)[C@H](O)[C@H](C)[C@@H]1C)OCO3. The van der Waals surface area contributed by atoms with Crippen molar-refractivity contribution >= 4 is 5.97 Å². The number of ether oxygens (including phenoxy) is 7. The average molecular weight is 499 g/mol. The van der Waals surface area contributed by atoms with Crippen LogP contribution >= 0.6 is 0 Å². The van der Waals surface area contributed by atoms with Crippen LogP contribution in [0.15, 0.2) is 23.8 Å². The summed E-state index contributed by atoms with van der Waals surface area (Å²) >= 11 is 0. The van der Waals surface area contributed by atoms with Crippen LogP contribution in [0.3, 0.4) is 0 Å². The number of aliphatic hydroxyl groups excluding tert-OH is 1. The number of methoxy groups -OCH3 is 2. The third kappa shape index (κ3) is 3.52. The van der Waals surface area contributed by atoms with E-state index in [4.69, 9.17) is 33.2 Å². The molecular weight excluding hydrogens is 468 g/mol. The quantitative estimate of drug-likeness (QED) is 0.475. The van der Waals surface area contributed by atoms with Crippen molar-refractivity contribution in [2.75, 3.05) is 27.8 Å². The van der Waals surface area contributed by atoms with Crippen molar-refractivity contribution in [1.29, 1.82) is 0 Å². The summed E-state index contributed by atoms with van der Waals surface area (Å²) in [5.41, 5.74) is 2.84. The van der Waals surface area contributed by atoms with Gasteiger partial charge in [-0.15, -0.1) is 0 Å². The van der Waals surface area contributed by atoms with Crippen molar-refractivity contribution in [2.24, 2.45) is 11.8 Å². The van der Waals surface area contributed by atoms with E-state index in [1.165, 1.54) is 14.2 Å². The molecule has 0 radical (unpaired) electrons. The van der Waals surface area contributed by atoms with Crippen molar-refractivity contribution in [3.05, 3.63) is 34.9 Å². The van der Waals surface area contributed by atoms with Crippen LogP contribution < -0.4 is 28.4 Å². The van der Waals surface area contributed by atoms with Crippen LogP contribution in [0.2, 0.25) is 0 Å². The highest BCUT2D eigenvalue weighted by atomic mass is 16.7. The maximum absolute atomic E-state index is 13.0. The smallest absolute Gasteiger partial charge is 0.333 e. The lowest BCUT2D eigenvalue weighted by molar-refractivity contribution is -0.149. The van der Waals surface area contributed by atoms with Crippen LogP contribution in [0, 0.1) is 11.8 Å². The molecular formula is C27H30O9. The van der Waals surface area contributed by atoms with Gasteiger partial charge in [0, 0.05) is 28.2 Å². The molecule has 3 aliphatic rings. The zero-order valence-electron chi connectivity index (χ0n) is 21.2. The molecule has 0 saturated carbocycles. The summed E-state index contributed by atoms with van der Waals surface area (Å²) in [5, 5.41) is 11.6. The molecule has 9 nitrogen and oxygen atoms in total. The molecule has 5 rings (SSSR count). The third-order valence-electron chi connectivity index (χ3n) is 7.38. The molecule has 1 N–H and O–H groups in total. The van der Waals surface area contributed by atoms with Gasteiger partial charge in [0.05, 0.1) is 20.3 Å². The fraction of sp³-hybridized carbons (Fsp3) is 0.444. The van der Waals surface area contributed by atoms with Gasteiger partial charge in [0.15, 0.2) is 23.0 Å². The van der Waals surface area contributed by atoms with Gasteiger partial charge < -0.3 is 38.3 Å². The van der Waals surface area contributed by atoms with E-state index in [1.807, 2.05) is 19.9 Å². The molecule has 0 spiro atoms. The Balaban J connectivity index is 1.88. The van der Waals surface area contributed by atoms with E-state index >= 15 is 0 Å². The van der Waals surface area contributed by atoms with Crippen LogP contribution in [0.5, 0.6) is 34.5 Å². The second-order valence-corrected chi connectivity index (χ2v) is 9.18. The fourth-order valence-electron chi connectivity index (χ4n) is 5.05. The van der Waals surface area contributed by atoms with Crippen molar-refractivity contribution in [1.82, 2.24) is 0 Å². The molecule has 2 aromatic rings. The Morgan fingerprint density at radius 3 is 1.97 bits per heavy atom. The highest BCUT2D eigenvalue weighted by molar-refractivity contribution is 5.91. The van der Waals surface area contributed by atoms with Gasteiger partial charge in [0.25, 0.3) is 0 Å². The summed E-state index contributed by atoms with van der Waals surface area (Å²) in [6.07, 6.45) is 0.0262. The maximum atomic E-state index is 13.0. The number of allylic oxidation sites excluding steroid dienone is 1. The van der Waals surface area contributed by atoms with Crippen LogP contribution in [0.25, 0.3) is 11.1 Å². The Kier molecular flexibility index (Phi) is 6.12. The van der Waals surface area contributed by atoms with E-state index in [9.17, 15) is 9.90 Å². The van der Waals surface area contributed by atoms with E-state index in [-0.39, 0.29) is 25.4 Å². The molecule has 1 aliphatic carbocycles. The highest BCUT2D eigenvalue weighted by Gasteiger charge is 2.43. The number of hydrogen-bond acceptors (Lipinski definition) is 9. The second-order valence-electron chi connectivity index (χ2n) is 9.18. The van der Waals surface area contributed by atoms with Crippen molar-refractivity contribution < 1.29 is 43.1 Å².